The molecule has 1 heterocycles. The number of hydrogen-bond donors (Lipinski definition) is 1. The topological polar surface area (TPSA) is 33.1 Å². The average Bonchev–Trinajstić information content (AvgIpc) is 2.17. The molecular weight excluding hydrogens is 169 g/mol. The first-order chi connectivity index (χ1) is 6.33. The van der Waals surface area contributed by atoms with Gasteiger partial charge in [-0.05, 0) is 17.5 Å². The number of halogens is 1. The summed E-state index contributed by atoms with van der Waals surface area (Å²) in [5.74, 6) is -0.338. The molecule has 0 radical (unpaired) electrons. The van der Waals surface area contributed by atoms with E-state index in [1.807, 2.05) is 0 Å². The summed E-state index contributed by atoms with van der Waals surface area (Å²) in [5.41, 5.74) is 0.385. The Labute approximate surface area is 74.7 Å². The molecule has 0 aliphatic carbocycles. The average molecular weight is 177 g/mol. The summed E-state index contributed by atoms with van der Waals surface area (Å²) in [6.45, 7) is -0.238. The summed E-state index contributed by atoms with van der Waals surface area (Å²) >= 11 is 0. The third-order valence-corrected chi connectivity index (χ3v) is 1.97. The Kier molecular flexibility index (Phi) is 1.94. The molecule has 0 aliphatic rings. The van der Waals surface area contributed by atoms with Crippen LogP contribution in [-0.2, 0) is 6.61 Å². The molecule has 66 valence electrons. The molecule has 1 aromatic carbocycles. The summed E-state index contributed by atoms with van der Waals surface area (Å²) in [6, 6.07) is 6.51. The molecule has 0 fully saturated rings. The van der Waals surface area contributed by atoms with E-state index >= 15 is 0 Å². The molecule has 13 heavy (non-hydrogen) atoms. The highest BCUT2D eigenvalue weighted by Gasteiger charge is 2.05. The maximum absolute atomic E-state index is 13.3. The number of fused-ring (bicyclic) bond motifs is 1. The van der Waals surface area contributed by atoms with Crippen LogP contribution in [0.1, 0.15) is 5.69 Å². The van der Waals surface area contributed by atoms with Crippen molar-refractivity contribution in [2.45, 2.75) is 6.61 Å². The van der Waals surface area contributed by atoms with Crippen molar-refractivity contribution in [3.8, 4) is 0 Å². The Balaban J connectivity index is 2.87. The van der Waals surface area contributed by atoms with Gasteiger partial charge in [-0.2, -0.15) is 0 Å². The quantitative estimate of drug-likeness (QED) is 0.721. The fourth-order valence-corrected chi connectivity index (χ4v) is 1.38. The van der Waals surface area contributed by atoms with Gasteiger partial charge in [-0.15, -0.1) is 0 Å². The van der Waals surface area contributed by atoms with Gasteiger partial charge in [0.15, 0.2) is 0 Å². The van der Waals surface area contributed by atoms with Gasteiger partial charge in [0.25, 0.3) is 0 Å². The van der Waals surface area contributed by atoms with Crippen LogP contribution in [0.2, 0.25) is 0 Å². The predicted octanol–water partition coefficient (Wildman–Crippen LogP) is 1.87. The number of hydrogen-bond acceptors (Lipinski definition) is 2. The van der Waals surface area contributed by atoms with Gasteiger partial charge in [0, 0.05) is 11.6 Å². The molecule has 1 N–H and O–H groups in total. The Hall–Kier alpha value is -1.48. The Morgan fingerprint density at radius 2 is 2.15 bits per heavy atom. The second kappa shape index (κ2) is 3.11. The van der Waals surface area contributed by atoms with Gasteiger partial charge in [-0.1, -0.05) is 12.1 Å². The van der Waals surface area contributed by atoms with Crippen LogP contribution in [-0.4, -0.2) is 10.1 Å². The molecule has 0 atom stereocenters. The van der Waals surface area contributed by atoms with Gasteiger partial charge in [0.1, 0.15) is 5.82 Å². The predicted molar refractivity (Wildman–Crippen MR) is 47.6 cm³/mol. The maximum atomic E-state index is 13.3. The molecule has 2 nitrogen and oxygen atoms in total. The van der Waals surface area contributed by atoms with Crippen molar-refractivity contribution < 1.29 is 9.50 Å². The first-order valence-electron chi connectivity index (χ1n) is 3.96. The molecule has 0 saturated heterocycles. The van der Waals surface area contributed by atoms with E-state index in [-0.39, 0.29) is 12.4 Å². The van der Waals surface area contributed by atoms with Gasteiger partial charge in [-0.25, -0.2) is 4.39 Å². The lowest BCUT2D eigenvalue weighted by Gasteiger charge is -2.02. The smallest absolute Gasteiger partial charge is 0.132 e. The summed E-state index contributed by atoms with van der Waals surface area (Å²) < 4.78 is 13.3. The zero-order valence-electron chi connectivity index (χ0n) is 6.87. The number of nitrogens with zero attached hydrogens (tertiary/aromatic N) is 1. The molecule has 0 aliphatic heterocycles. The van der Waals surface area contributed by atoms with Crippen LogP contribution in [0.15, 0.2) is 30.5 Å². The molecule has 2 aromatic rings. The van der Waals surface area contributed by atoms with E-state index in [1.54, 1.807) is 24.4 Å². The van der Waals surface area contributed by atoms with Crippen LogP contribution in [0, 0.1) is 5.82 Å². The monoisotopic (exact) mass is 177 g/mol. The van der Waals surface area contributed by atoms with Crippen molar-refractivity contribution in [3.63, 3.8) is 0 Å². The minimum absolute atomic E-state index is 0.238. The van der Waals surface area contributed by atoms with Gasteiger partial charge < -0.3 is 5.11 Å². The zero-order valence-corrected chi connectivity index (χ0v) is 6.87. The van der Waals surface area contributed by atoms with Gasteiger partial charge in [0.2, 0.25) is 0 Å². The summed E-state index contributed by atoms with van der Waals surface area (Å²) in [7, 11) is 0. The number of rotatable bonds is 1. The third-order valence-electron chi connectivity index (χ3n) is 1.97. The minimum Gasteiger partial charge on any atom is -0.390 e. The van der Waals surface area contributed by atoms with Crippen LogP contribution >= 0.6 is 0 Å². The van der Waals surface area contributed by atoms with Crippen molar-refractivity contribution in [1.29, 1.82) is 0 Å². The highest BCUT2D eigenvalue weighted by atomic mass is 19.1. The van der Waals surface area contributed by atoms with Crippen LogP contribution in [0.5, 0.6) is 0 Å². The van der Waals surface area contributed by atoms with E-state index in [0.29, 0.717) is 11.1 Å². The van der Waals surface area contributed by atoms with Gasteiger partial charge in [-0.3, -0.25) is 4.98 Å². The van der Waals surface area contributed by atoms with Crippen molar-refractivity contribution >= 4 is 10.8 Å². The molecule has 3 heteroatoms. The number of aliphatic hydroxyl groups excluding tert-OH is 1. The van der Waals surface area contributed by atoms with E-state index in [1.165, 1.54) is 6.07 Å². The fraction of sp³-hybridized carbons (Fsp3) is 0.100. The lowest BCUT2D eigenvalue weighted by atomic mass is 10.1. The van der Waals surface area contributed by atoms with Gasteiger partial charge >= 0.3 is 0 Å². The van der Waals surface area contributed by atoms with E-state index in [9.17, 15) is 4.39 Å². The van der Waals surface area contributed by atoms with E-state index in [2.05, 4.69) is 4.98 Å². The first kappa shape index (κ1) is 8.13. The summed E-state index contributed by atoms with van der Waals surface area (Å²) in [6.07, 6.45) is 1.56. The molecular formula is C10H8FNO. The Morgan fingerprint density at radius 3 is 2.92 bits per heavy atom. The van der Waals surface area contributed by atoms with E-state index < -0.39 is 0 Å². The largest absolute Gasteiger partial charge is 0.390 e. The van der Waals surface area contributed by atoms with Crippen molar-refractivity contribution in [1.82, 2.24) is 4.98 Å². The molecule has 2 rings (SSSR count). The second-order valence-electron chi connectivity index (χ2n) is 2.75. The van der Waals surface area contributed by atoms with Crippen LogP contribution in [0.4, 0.5) is 4.39 Å². The number of aliphatic hydroxyl groups is 1. The summed E-state index contributed by atoms with van der Waals surface area (Å²) in [4.78, 5) is 3.90. The summed E-state index contributed by atoms with van der Waals surface area (Å²) in [5, 5.41) is 10.1. The Bertz CT molecular complexity index is 437. The van der Waals surface area contributed by atoms with Crippen molar-refractivity contribution in [3.05, 3.63) is 42.0 Å². The standard InChI is InChI=1S/C10H8FNO/c11-8-3-1-2-7-4-5-12-9(6-13)10(7)8/h1-5,13H,6H2. The van der Waals surface area contributed by atoms with E-state index in [0.717, 1.165) is 5.39 Å². The van der Waals surface area contributed by atoms with Crippen LogP contribution < -0.4 is 0 Å². The second-order valence-corrected chi connectivity index (χ2v) is 2.75. The zero-order chi connectivity index (χ0) is 9.26. The maximum Gasteiger partial charge on any atom is 0.132 e. The molecule has 1 aromatic heterocycles. The molecule has 0 saturated carbocycles. The Morgan fingerprint density at radius 1 is 1.31 bits per heavy atom. The molecule has 0 amide bonds. The first-order valence-corrected chi connectivity index (χ1v) is 3.96. The number of aromatic nitrogens is 1. The van der Waals surface area contributed by atoms with Crippen LogP contribution in [0.25, 0.3) is 10.8 Å². The molecule has 0 unspecified atom stereocenters. The number of pyridine rings is 1. The van der Waals surface area contributed by atoms with Crippen molar-refractivity contribution in [2.24, 2.45) is 0 Å². The normalized spacial score (nSPS) is 10.6. The molecule has 0 bridgehead atoms. The molecule has 0 spiro atoms. The minimum atomic E-state index is -0.338. The van der Waals surface area contributed by atoms with Crippen molar-refractivity contribution in [2.75, 3.05) is 0 Å². The van der Waals surface area contributed by atoms with E-state index in [4.69, 9.17) is 5.11 Å². The lowest BCUT2D eigenvalue weighted by molar-refractivity contribution is 0.278. The fourth-order valence-electron chi connectivity index (χ4n) is 1.38. The van der Waals surface area contributed by atoms with Crippen LogP contribution in [0.3, 0.4) is 0 Å². The SMILES string of the molecule is OCc1nccc2cccc(F)c12. The highest BCUT2D eigenvalue weighted by molar-refractivity contribution is 5.84. The lowest BCUT2D eigenvalue weighted by Crippen LogP contribution is -1.92. The van der Waals surface area contributed by atoms with Gasteiger partial charge in [0.05, 0.1) is 12.3 Å². The third kappa shape index (κ3) is 1.27. The highest BCUT2D eigenvalue weighted by Crippen LogP contribution is 2.19. The number of benzene rings is 1.